The van der Waals surface area contributed by atoms with E-state index in [1.807, 2.05) is 29.0 Å². The molecular formula is C24H24N8. The molecule has 0 radical (unpaired) electrons. The molecule has 4 heterocycles. The SMILES string of the molecule is CCC1c2nncn2-c2cnc(-c3cnncc3-c3ccccc3)nc2N1C1CCCC1. The highest BCUT2D eigenvalue weighted by Crippen LogP contribution is 2.43. The third-order valence-electron chi connectivity index (χ3n) is 6.62. The topological polar surface area (TPSA) is 85.5 Å². The molecular weight excluding hydrogens is 400 g/mol. The summed E-state index contributed by atoms with van der Waals surface area (Å²) in [4.78, 5) is 12.4. The lowest BCUT2D eigenvalue weighted by Gasteiger charge is -2.40. The average molecular weight is 425 g/mol. The van der Waals surface area contributed by atoms with Gasteiger partial charge in [-0.2, -0.15) is 10.2 Å². The quantitative estimate of drug-likeness (QED) is 0.480. The summed E-state index contributed by atoms with van der Waals surface area (Å²) in [5.74, 6) is 2.59. The van der Waals surface area contributed by atoms with Gasteiger partial charge in [0, 0.05) is 17.2 Å². The van der Waals surface area contributed by atoms with E-state index in [0.29, 0.717) is 11.9 Å². The molecule has 32 heavy (non-hydrogen) atoms. The molecule has 2 aliphatic rings. The van der Waals surface area contributed by atoms with Crippen molar-refractivity contribution in [1.82, 2.24) is 34.9 Å². The molecule has 4 aromatic rings. The first-order valence-corrected chi connectivity index (χ1v) is 11.3. The standard InChI is InChI=1S/C24H24N8/c1-2-20-24-30-28-15-31(24)21-14-25-22(29-23(21)32(20)17-10-6-7-11-17)19-13-27-26-12-18(19)16-8-4-3-5-9-16/h3-5,8-9,12-15,17,20H,2,6-7,10-11H2,1H3. The van der Waals surface area contributed by atoms with Crippen LogP contribution in [0.4, 0.5) is 5.82 Å². The molecule has 0 saturated heterocycles. The van der Waals surface area contributed by atoms with Crippen LogP contribution in [-0.4, -0.2) is 41.0 Å². The van der Waals surface area contributed by atoms with Crippen LogP contribution in [0, 0.1) is 0 Å². The molecule has 1 aliphatic heterocycles. The molecule has 1 aliphatic carbocycles. The fraction of sp³-hybridized carbons (Fsp3) is 0.333. The van der Waals surface area contributed by atoms with Crippen molar-refractivity contribution in [2.24, 2.45) is 0 Å². The van der Waals surface area contributed by atoms with Crippen LogP contribution in [0.2, 0.25) is 0 Å². The number of hydrogen-bond donors (Lipinski definition) is 0. The highest BCUT2D eigenvalue weighted by Gasteiger charge is 2.38. The number of nitrogens with zero attached hydrogens (tertiary/aromatic N) is 8. The first-order valence-electron chi connectivity index (χ1n) is 11.3. The van der Waals surface area contributed by atoms with Crippen molar-refractivity contribution in [3.8, 4) is 28.2 Å². The molecule has 8 heteroatoms. The van der Waals surface area contributed by atoms with E-state index in [1.165, 1.54) is 25.7 Å². The number of benzene rings is 1. The second kappa shape index (κ2) is 7.78. The minimum absolute atomic E-state index is 0.153. The van der Waals surface area contributed by atoms with Gasteiger partial charge in [-0.25, -0.2) is 9.97 Å². The zero-order chi connectivity index (χ0) is 21.5. The minimum Gasteiger partial charge on any atom is -0.342 e. The minimum atomic E-state index is 0.153. The molecule has 1 saturated carbocycles. The van der Waals surface area contributed by atoms with Crippen LogP contribution in [0.15, 0.2) is 55.2 Å². The zero-order valence-electron chi connectivity index (χ0n) is 18.0. The molecule has 6 rings (SSSR count). The van der Waals surface area contributed by atoms with E-state index in [9.17, 15) is 0 Å². The number of fused-ring (bicyclic) bond motifs is 3. The van der Waals surface area contributed by atoms with E-state index in [4.69, 9.17) is 9.97 Å². The van der Waals surface area contributed by atoms with Gasteiger partial charge in [-0.1, -0.05) is 50.1 Å². The maximum absolute atomic E-state index is 5.14. The van der Waals surface area contributed by atoms with Gasteiger partial charge in [0.2, 0.25) is 0 Å². The van der Waals surface area contributed by atoms with Crippen molar-refractivity contribution >= 4 is 5.82 Å². The number of hydrogen-bond acceptors (Lipinski definition) is 7. The van der Waals surface area contributed by atoms with Crippen molar-refractivity contribution < 1.29 is 0 Å². The first kappa shape index (κ1) is 19.0. The predicted octanol–water partition coefficient (Wildman–Crippen LogP) is 4.40. The summed E-state index contributed by atoms with van der Waals surface area (Å²) >= 11 is 0. The molecule has 1 unspecified atom stereocenters. The average Bonchev–Trinajstić information content (AvgIpc) is 3.56. The lowest BCUT2D eigenvalue weighted by Crippen LogP contribution is -2.42. The molecule has 0 bridgehead atoms. The Morgan fingerprint density at radius 2 is 1.72 bits per heavy atom. The van der Waals surface area contributed by atoms with Crippen LogP contribution in [0.5, 0.6) is 0 Å². The Morgan fingerprint density at radius 1 is 0.938 bits per heavy atom. The Labute approximate surface area is 186 Å². The van der Waals surface area contributed by atoms with Gasteiger partial charge in [0.1, 0.15) is 12.0 Å². The second-order valence-corrected chi connectivity index (χ2v) is 8.41. The van der Waals surface area contributed by atoms with Crippen LogP contribution >= 0.6 is 0 Å². The van der Waals surface area contributed by atoms with E-state index < -0.39 is 0 Å². The number of aromatic nitrogens is 7. The lowest BCUT2D eigenvalue weighted by molar-refractivity contribution is 0.469. The van der Waals surface area contributed by atoms with Gasteiger partial charge in [-0.05, 0) is 24.8 Å². The maximum Gasteiger partial charge on any atom is 0.163 e. The van der Waals surface area contributed by atoms with Gasteiger partial charge in [0.25, 0.3) is 0 Å². The van der Waals surface area contributed by atoms with E-state index in [0.717, 1.165) is 40.4 Å². The van der Waals surface area contributed by atoms with E-state index in [-0.39, 0.29) is 6.04 Å². The van der Waals surface area contributed by atoms with Crippen molar-refractivity contribution in [2.75, 3.05) is 4.90 Å². The third kappa shape index (κ3) is 2.97. The molecule has 0 spiro atoms. The van der Waals surface area contributed by atoms with Gasteiger partial charge in [-0.3, -0.25) is 4.57 Å². The van der Waals surface area contributed by atoms with Gasteiger partial charge in [-0.15, -0.1) is 10.2 Å². The molecule has 160 valence electrons. The normalized spacial score (nSPS) is 17.9. The summed E-state index contributed by atoms with van der Waals surface area (Å²) < 4.78 is 2.04. The van der Waals surface area contributed by atoms with Gasteiger partial charge >= 0.3 is 0 Å². The highest BCUT2D eigenvalue weighted by molar-refractivity contribution is 5.80. The summed E-state index contributed by atoms with van der Waals surface area (Å²) in [5.41, 5.74) is 3.86. The van der Waals surface area contributed by atoms with Crippen molar-refractivity contribution in [2.45, 2.75) is 51.1 Å². The second-order valence-electron chi connectivity index (χ2n) is 8.41. The molecule has 1 fully saturated rings. The Hall–Kier alpha value is -3.68. The fourth-order valence-corrected chi connectivity index (χ4v) is 5.12. The third-order valence-corrected chi connectivity index (χ3v) is 6.62. The molecule has 1 aromatic carbocycles. The summed E-state index contributed by atoms with van der Waals surface area (Å²) in [6, 6.07) is 10.8. The molecule has 8 nitrogen and oxygen atoms in total. The van der Waals surface area contributed by atoms with E-state index in [1.54, 1.807) is 18.7 Å². The number of anilines is 1. The Balaban J connectivity index is 1.53. The van der Waals surface area contributed by atoms with Crippen LogP contribution in [-0.2, 0) is 0 Å². The summed E-state index contributed by atoms with van der Waals surface area (Å²) in [7, 11) is 0. The van der Waals surface area contributed by atoms with Crippen LogP contribution < -0.4 is 4.90 Å². The van der Waals surface area contributed by atoms with Crippen molar-refractivity contribution in [1.29, 1.82) is 0 Å². The molecule has 1 atom stereocenters. The van der Waals surface area contributed by atoms with E-state index in [2.05, 4.69) is 44.4 Å². The summed E-state index contributed by atoms with van der Waals surface area (Å²) in [5, 5.41) is 16.9. The van der Waals surface area contributed by atoms with Gasteiger partial charge in [0.15, 0.2) is 17.5 Å². The largest absolute Gasteiger partial charge is 0.342 e. The maximum atomic E-state index is 5.14. The summed E-state index contributed by atoms with van der Waals surface area (Å²) in [6.07, 6.45) is 13.0. The van der Waals surface area contributed by atoms with Crippen LogP contribution in [0.25, 0.3) is 28.2 Å². The smallest absolute Gasteiger partial charge is 0.163 e. The molecule has 0 N–H and O–H groups in total. The molecule has 3 aromatic heterocycles. The Morgan fingerprint density at radius 3 is 2.50 bits per heavy atom. The molecule has 0 amide bonds. The predicted molar refractivity (Wildman–Crippen MR) is 121 cm³/mol. The van der Waals surface area contributed by atoms with Crippen LogP contribution in [0.3, 0.4) is 0 Å². The zero-order valence-corrected chi connectivity index (χ0v) is 18.0. The van der Waals surface area contributed by atoms with Crippen molar-refractivity contribution in [3.05, 3.63) is 61.1 Å². The monoisotopic (exact) mass is 424 g/mol. The van der Waals surface area contributed by atoms with E-state index >= 15 is 0 Å². The highest BCUT2D eigenvalue weighted by atomic mass is 15.4. The Bertz CT molecular complexity index is 1250. The lowest BCUT2D eigenvalue weighted by atomic mass is 10.0. The van der Waals surface area contributed by atoms with Gasteiger partial charge in [0.05, 0.1) is 24.6 Å². The first-order chi connectivity index (χ1) is 15.8. The Kier molecular flexibility index (Phi) is 4.63. The van der Waals surface area contributed by atoms with Gasteiger partial charge < -0.3 is 4.90 Å². The number of rotatable bonds is 4. The van der Waals surface area contributed by atoms with Crippen molar-refractivity contribution in [3.63, 3.8) is 0 Å². The van der Waals surface area contributed by atoms with Crippen LogP contribution in [0.1, 0.15) is 50.9 Å². The fourth-order valence-electron chi connectivity index (χ4n) is 5.12. The summed E-state index contributed by atoms with van der Waals surface area (Å²) in [6.45, 7) is 2.21.